The van der Waals surface area contributed by atoms with Gasteiger partial charge in [0.25, 0.3) is 0 Å². The van der Waals surface area contributed by atoms with Crippen molar-refractivity contribution in [2.75, 3.05) is 0 Å². The summed E-state index contributed by atoms with van der Waals surface area (Å²) in [5, 5.41) is 10.2. The molecule has 0 unspecified atom stereocenters. The van der Waals surface area contributed by atoms with Crippen LogP contribution in [0, 0.1) is 5.82 Å². The SMILES string of the molecule is CCC(C)(C)n1ncc(-c2nc(CC(=O)NCc3ccccn3)cs2)c1-c1ccc(F)cc1. The highest BCUT2D eigenvalue weighted by molar-refractivity contribution is 7.13. The first-order valence-electron chi connectivity index (χ1n) is 10.8. The molecule has 170 valence electrons. The Morgan fingerprint density at radius 1 is 1.15 bits per heavy atom. The molecule has 1 aromatic carbocycles. The Labute approximate surface area is 196 Å². The van der Waals surface area contributed by atoms with Gasteiger partial charge in [-0.1, -0.05) is 13.0 Å². The van der Waals surface area contributed by atoms with Gasteiger partial charge in [-0.25, -0.2) is 9.37 Å². The largest absolute Gasteiger partial charge is 0.350 e. The fourth-order valence-electron chi connectivity index (χ4n) is 3.43. The van der Waals surface area contributed by atoms with E-state index in [2.05, 4.69) is 36.2 Å². The third-order valence-electron chi connectivity index (χ3n) is 5.64. The summed E-state index contributed by atoms with van der Waals surface area (Å²) in [6.45, 7) is 6.73. The van der Waals surface area contributed by atoms with Crippen molar-refractivity contribution in [1.82, 2.24) is 25.1 Å². The zero-order valence-corrected chi connectivity index (χ0v) is 19.7. The molecule has 3 heterocycles. The summed E-state index contributed by atoms with van der Waals surface area (Å²) >= 11 is 1.47. The molecule has 0 atom stereocenters. The average molecular weight is 464 g/mol. The minimum absolute atomic E-state index is 0.112. The van der Waals surface area contributed by atoms with Crippen molar-refractivity contribution in [3.63, 3.8) is 0 Å². The van der Waals surface area contributed by atoms with E-state index in [4.69, 9.17) is 4.98 Å². The van der Waals surface area contributed by atoms with E-state index in [0.29, 0.717) is 12.2 Å². The molecule has 33 heavy (non-hydrogen) atoms. The maximum absolute atomic E-state index is 13.6. The highest BCUT2D eigenvalue weighted by Crippen LogP contribution is 2.37. The van der Waals surface area contributed by atoms with E-state index >= 15 is 0 Å². The van der Waals surface area contributed by atoms with Crippen molar-refractivity contribution < 1.29 is 9.18 Å². The number of thiazole rings is 1. The van der Waals surface area contributed by atoms with E-state index < -0.39 is 0 Å². The fourth-order valence-corrected chi connectivity index (χ4v) is 4.26. The van der Waals surface area contributed by atoms with Gasteiger partial charge in [-0.05, 0) is 56.7 Å². The number of rotatable bonds is 8. The molecule has 4 rings (SSSR count). The summed E-state index contributed by atoms with van der Waals surface area (Å²) in [5.74, 6) is -0.395. The number of pyridine rings is 1. The number of aromatic nitrogens is 4. The van der Waals surface area contributed by atoms with Crippen LogP contribution in [0.15, 0.2) is 60.2 Å². The minimum Gasteiger partial charge on any atom is -0.350 e. The first-order valence-corrected chi connectivity index (χ1v) is 11.7. The monoisotopic (exact) mass is 463 g/mol. The molecule has 3 aromatic heterocycles. The van der Waals surface area contributed by atoms with Crippen LogP contribution in [0.25, 0.3) is 21.8 Å². The molecule has 0 fully saturated rings. The maximum Gasteiger partial charge on any atom is 0.226 e. The maximum atomic E-state index is 13.6. The molecule has 1 N–H and O–H groups in total. The summed E-state index contributed by atoms with van der Waals surface area (Å²) in [7, 11) is 0. The topological polar surface area (TPSA) is 72.7 Å². The van der Waals surface area contributed by atoms with Crippen LogP contribution in [0.4, 0.5) is 4.39 Å². The first kappa shape index (κ1) is 22.8. The Kier molecular flexibility index (Phi) is 6.65. The van der Waals surface area contributed by atoms with Crippen LogP contribution >= 0.6 is 11.3 Å². The van der Waals surface area contributed by atoms with Crippen molar-refractivity contribution in [2.24, 2.45) is 0 Å². The summed E-state index contributed by atoms with van der Waals surface area (Å²) in [4.78, 5) is 21.3. The lowest BCUT2D eigenvalue weighted by molar-refractivity contribution is -0.120. The number of hydrogen-bond donors (Lipinski definition) is 1. The second kappa shape index (κ2) is 9.62. The van der Waals surface area contributed by atoms with Crippen molar-refractivity contribution in [2.45, 2.75) is 45.7 Å². The van der Waals surface area contributed by atoms with Crippen LogP contribution in [0.5, 0.6) is 0 Å². The van der Waals surface area contributed by atoms with E-state index in [0.717, 1.165) is 33.9 Å². The number of hydrogen-bond acceptors (Lipinski definition) is 5. The Morgan fingerprint density at radius 3 is 2.64 bits per heavy atom. The number of carbonyl (C=O) groups is 1. The standard InChI is InChI=1S/C25H26FN5OS/c1-4-25(2,3)31-23(17-8-10-18(26)11-9-17)21(15-29-31)24-30-20(16-33-24)13-22(32)28-14-19-7-5-6-12-27-19/h5-12,15-16H,4,13-14H2,1-3H3,(H,28,32). The molecule has 0 bridgehead atoms. The molecule has 6 nitrogen and oxygen atoms in total. The Balaban J connectivity index is 1.58. The summed E-state index contributed by atoms with van der Waals surface area (Å²) in [5.41, 5.74) is 3.90. The van der Waals surface area contributed by atoms with Gasteiger partial charge in [-0.2, -0.15) is 5.10 Å². The summed E-state index contributed by atoms with van der Waals surface area (Å²) in [6.07, 6.45) is 4.57. The molecule has 0 saturated carbocycles. The molecule has 0 radical (unpaired) electrons. The molecule has 0 saturated heterocycles. The average Bonchev–Trinajstić information content (AvgIpc) is 3.46. The molecule has 4 aromatic rings. The van der Waals surface area contributed by atoms with Crippen LogP contribution in [-0.2, 0) is 23.3 Å². The third kappa shape index (κ3) is 5.17. The van der Waals surface area contributed by atoms with Gasteiger partial charge in [0.1, 0.15) is 10.8 Å². The van der Waals surface area contributed by atoms with E-state index in [1.165, 1.54) is 23.5 Å². The van der Waals surface area contributed by atoms with Gasteiger partial charge >= 0.3 is 0 Å². The van der Waals surface area contributed by atoms with Gasteiger partial charge < -0.3 is 5.32 Å². The molecule has 1 amide bonds. The van der Waals surface area contributed by atoms with Crippen LogP contribution in [0.3, 0.4) is 0 Å². The van der Waals surface area contributed by atoms with Gasteiger partial charge in [-0.3, -0.25) is 14.5 Å². The van der Waals surface area contributed by atoms with Crippen LogP contribution in [0.1, 0.15) is 38.6 Å². The first-order chi connectivity index (χ1) is 15.9. The van der Waals surface area contributed by atoms with Gasteiger partial charge in [0.05, 0.1) is 47.3 Å². The van der Waals surface area contributed by atoms with Gasteiger partial charge in [0, 0.05) is 17.1 Å². The van der Waals surface area contributed by atoms with E-state index in [-0.39, 0.29) is 23.7 Å². The lowest BCUT2D eigenvalue weighted by atomic mass is 10.00. The molecule has 0 aliphatic heterocycles. The Bertz CT molecular complexity index is 1230. The minimum atomic E-state index is -0.283. The molecule has 0 aliphatic carbocycles. The van der Waals surface area contributed by atoms with Crippen molar-refractivity contribution in [3.8, 4) is 21.8 Å². The summed E-state index contributed by atoms with van der Waals surface area (Å²) in [6, 6.07) is 12.0. The number of benzene rings is 1. The molecule has 0 aliphatic rings. The predicted octanol–water partition coefficient (Wildman–Crippen LogP) is 5.21. The number of nitrogens with zero attached hydrogens (tertiary/aromatic N) is 4. The van der Waals surface area contributed by atoms with E-state index in [1.54, 1.807) is 24.5 Å². The second-order valence-corrected chi connectivity index (χ2v) is 9.27. The van der Waals surface area contributed by atoms with Gasteiger partial charge in [0.15, 0.2) is 0 Å². The molecule has 8 heteroatoms. The Hall–Kier alpha value is -3.39. The zero-order valence-electron chi connectivity index (χ0n) is 18.9. The predicted molar refractivity (Wildman–Crippen MR) is 128 cm³/mol. The molecule has 0 spiro atoms. The fraction of sp³-hybridized carbons (Fsp3) is 0.280. The van der Waals surface area contributed by atoms with Gasteiger partial charge in [-0.15, -0.1) is 11.3 Å². The van der Waals surface area contributed by atoms with Gasteiger partial charge in [0.2, 0.25) is 5.91 Å². The molecular formula is C25H26FN5OS. The number of halogens is 1. The number of carbonyl (C=O) groups excluding carboxylic acids is 1. The zero-order chi connectivity index (χ0) is 23.4. The normalized spacial score (nSPS) is 11.5. The van der Waals surface area contributed by atoms with E-state index in [9.17, 15) is 9.18 Å². The second-order valence-electron chi connectivity index (χ2n) is 8.41. The highest BCUT2D eigenvalue weighted by Gasteiger charge is 2.26. The summed E-state index contributed by atoms with van der Waals surface area (Å²) < 4.78 is 15.6. The number of nitrogens with one attached hydrogen (secondary N) is 1. The van der Waals surface area contributed by atoms with Crippen LogP contribution in [0.2, 0.25) is 0 Å². The van der Waals surface area contributed by atoms with Crippen molar-refractivity contribution in [3.05, 3.63) is 77.4 Å². The van der Waals surface area contributed by atoms with Crippen LogP contribution < -0.4 is 5.32 Å². The van der Waals surface area contributed by atoms with Crippen molar-refractivity contribution in [1.29, 1.82) is 0 Å². The smallest absolute Gasteiger partial charge is 0.226 e. The Morgan fingerprint density at radius 2 is 1.94 bits per heavy atom. The van der Waals surface area contributed by atoms with Crippen molar-refractivity contribution >= 4 is 17.2 Å². The molecular weight excluding hydrogens is 437 g/mol. The lowest BCUT2D eigenvalue weighted by Crippen LogP contribution is -2.27. The lowest BCUT2D eigenvalue weighted by Gasteiger charge is -2.26. The third-order valence-corrected chi connectivity index (χ3v) is 6.57. The number of amides is 1. The quantitative estimate of drug-likeness (QED) is 0.389. The van der Waals surface area contributed by atoms with E-state index in [1.807, 2.05) is 28.3 Å². The van der Waals surface area contributed by atoms with Crippen LogP contribution in [-0.4, -0.2) is 25.7 Å². The highest BCUT2D eigenvalue weighted by atomic mass is 32.1.